The molecule has 4 atom stereocenters. The van der Waals surface area contributed by atoms with Gasteiger partial charge in [-0.05, 0) is 43.9 Å². The van der Waals surface area contributed by atoms with E-state index in [4.69, 9.17) is 18.5 Å². The number of esters is 1. The van der Waals surface area contributed by atoms with E-state index in [1.165, 1.54) is 6.92 Å². The van der Waals surface area contributed by atoms with E-state index in [1.807, 2.05) is 12.2 Å². The summed E-state index contributed by atoms with van der Waals surface area (Å²) in [6, 6.07) is 7.58. The maximum Gasteiger partial charge on any atom is 0.459 e. The molecule has 0 amide bonds. The van der Waals surface area contributed by atoms with E-state index in [1.54, 1.807) is 30.3 Å². The molecule has 1 aliphatic heterocycles. The minimum Gasteiger partial charge on any atom is -0.460 e. The lowest BCUT2D eigenvalue weighted by Crippen LogP contribution is -2.36. The van der Waals surface area contributed by atoms with Crippen molar-refractivity contribution >= 4 is 13.7 Å². The van der Waals surface area contributed by atoms with Gasteiger partial charge in [-0.1, -0.05) is 36.4 Å². The molecule has 30 heavy (non-hydrogen) atoms. The first kappa shape index (κ1) is 22.7. The number of carbonyl (C=O) groups excluding carboxylic acids is 1. The molecule has 1 saturated heterocycles. The summed E-state index contributed by atoms with van der Waals surface area (Å²) in [7, 11) is -3.95. The largest absolute Gasteiger partial charge is 0.460 e. The summed E-state index contributed by atoms with van der Waals surface area (Å²) in [4.78, 5) is 12.4. The summed E-state index contributed by atoms with van der Waals surface area (Å²) in [5.74, 6) is -0.246. The molecule has 3 rings (SSSR count). The van der Waals surface area contributed by atoms with Crippen molar-refractivity contribution in [3.05, 3.63) is 54.1 Å². The van der Waals surface area contributed by atoms with Crippen LogP contribution in [0.2, 0.25) is 0 Å². The highest BCUT2D eigenvalue weighted by molar-refractivity contribution is 7.52. The highest BCUT2D eigenvalue weighted by Gasteiger charge is 2.35. The molecule has 1 heterocycles. The fourth-order valence-corrected chi connectivity index (χ4v) is 4.53. The van der Waals surface area contributed by atoms with Crippen LogP contribution in [-0.4, -0.2) is 49.1 Å². The number of allylic oxidation sites excluding steroid dienone is 3. The van der Waals surface area contributed by atoms with Gasteiger partial charge in [0.2, 0.25) is 0 Å². The molecule has 1 fully saturated rings. The zero-order valence-electron chi connectivity index (χ0n) is 16.9. The summed E-state index contributed by atoms with van der Waals surface area (Å²) < 4.78 is 35.1. The van der Waals surface area contributed by atoms with Crippen LogP contribution in [0.25, 0.3) is 0 Å². The molecule has 0 radical (unpaired) electrons. The molecule has 1 aliphatic carbocycles. The zero-order chi connectivity index (χ0) is 21.4. The van der Waals surface area contributed by atoms with Crippen molar-refractivity contribution in [3.63, 3.8) is 0 Å². The molecule has 0 aromatic heterocycles. The molecule has 0 spiro atoms. The van der Waals surface area contributed by atoms with Crippen molar-refractivity contribution in [2.24, 2.45) is 0 Å². The topological polar surface area (TPSA) is 103 Å². The van der Waals surface area contributed by atoms with Crippen LogP contribution in [0.3, 0.4) is 0 Å². The molecule has 164 valence electrons. The number of benzene rings is 1. The molecule has 0 bridgehead atoms. The van der Waals surface area contributed by atoms with Gasteiger partial charge in [0.05, 0.1) is 12.7 Å². The van der Waals surface area contributed by atoms with E-state index in [2.05, 4.69) is 11.2 Å². The van der Waals surface area contributed by atoms with Gasteiger partial charge in [0.25, 0.3) is 0 Å². The van der Waals surface area contributed by atoms with Gasteiger partial charge in [-0.25, -0.2) is 4.57 Å². The standard InChI is InChI=1S/C21H28NO7P/c1-16(21(24)27-14-17-8-4-2-5-9-17)22-30(25,29-18-10-6-3-7-11-18)28-15-20-19(23)12-13-26-20/h2-4,6-8,10-11,16,19-20,23H,5,9,12-15H2,1H3,(H,22,25)/t16-,19+,20?,30?/m0/s1. The van der Waals surface area contributed by atoms with E-state index in [9.17, 15) is 14.5 Å². The van der Waals surface area contributed by atoms with Crippen LogP contribution in [0.4, 0.5) is 0 Å². The first-order valence-corrected chi connectivity index (χ1v) is 11.6. The molecule has 2 N–H and O–H groups in total. The van der Waals surface area contributed by atoms with Crippen molar-refractivity contribution < 1.29 is 33.0 Å². The Kier molecular flexibility index (Phi) is 8.24. The van der Waals surface area contributed by atoms with Crippen molar-refractivity contribution in [2.45, 2.75) is 44.4 Å². The monoisotopic (exact) mass is 437 g/mol. The number of carbonyl (C=O) groups is 1. The number of para-hydroxylation sites is 1. The SMILES string of the molecule is C[C@H](NP(=O)(OCC1OCC[C@H]1O)Oc1ccccc1)C(=O)OCC1=CC=CCC1. The summed E-state index contributed by atoms with van der Waals surface area (Å²) >= 11 is 0. The first-order chi connectivity index (χ1) is 14.5. The molecule has 2 unspecified atom stereocenters. The highest BCUT2D eigenvalue weighted by Crippen LogP contribution is 2.45. The van der Waals surface area contributed by atoms with E-state index >= 15 is 0 Å². The zero-order valence-corrected chi connectivity index (χ0v) is 17.8. The van der Waals surface area contributed by atoms with E-state index in [0.717, 1.165) is 18.4 Å². The number of rotatable bonds is 10. The summed E-state index contributed by atoms with van der Waals surface area (Å²) in [5, 5.41) is 12.5. The van der Waals surface area contributed by atoms with Crippen LogP contribution in [0.15, 0.2) is 54.1 Å². The number of aliphatic hydroxyl groups excluding tert-OH is 1. The van der Waals surface area contributed by atoms with Gasteiger partial charge in [0, 0.05) is 6.61 Å². The van der Waals surface area contributed by atoms with Crippen LogP contribution in [0.1, 0.15) is 26.2 Å². The normalized spacial score (nSPS) is 24.0. The van der Waals surface area contributed by atoms with Crippen LogP contribution in [0, 0.1) is 0 Å². The van der Waals surface area contributed by atoms with Crippen LogP contribution >= 0.6 is 7.75 Å². The highest BCUT2D eigenvalue weighted by atomic mass is 31.2. The molecule has 8 nitrogen and oxygen atoms in total. The lowest BCUT2D eigenvalue weighted by molar-refractivity contribution is -0.144. The minimum absolute atomic E-state index is 0.140. The van der Waals surface area contributed by atoms with Gasteiger partial charge in [-0.2, -0.15) is 5.09 Å². The predicted molar refractivity (Wildman–Crippen MR) is 111 cm³/mol. The quantitative estimate of drug-likeness (QED) is 0.425. The van der Waals surface area contributed by atoms with Crippen molar-refractivity contribution in [2.75, 3.05) is 19.8 Å². The maximum atomic E-state index is 13.3. The van der Waals surface area contributed by atoms with Crippen LogP contribution in [-0.2, 0) is 23.4 Å². The fourth-order valence-electron chi connectivity index (χ4n) is 3.03. The van der Waals surface area contributed by atoms with E-state index in [0.29, 0.717) is 18.8 Å². The summed E-state index contributed by atoms with van der Waals surface area (Å²) in [5.41, 5.74) is 1.02. The third-order valence-corrected chi connectivity index (χ3v) is 6.40. The third-order valence-electron chi connectivity index (χ3n) is 4.76. The Morgan fingerprint density at radius 3 is 2.83 bits per heavy atom. The van der Waals surface area contributed by atoms with Gasteiger partial charge in [-0.3, -0.25) is 9.32 Å². The summed E-state index contributed by atoms with van der Waals surface area (Å²) in [6.07, 6.45) is 6.85. The second-order valence-electron chi connectivity index (χ2n) is 7.21. The molecule has 0 saturated carbocycles. The number of nitrogens with one attached hydrogen (secondary N) is 1. The second-order valence-corrected chi connectivity index (χ2v) is 8.91. The van der Waals surface area contributed by atoms with Gasteiger partial charge in [0.15, 0.2) is 0 Å². The van der Waals surface area contributed by atoms with Crippen LogP contribution in [0.5, 0.6) is 5.75 Å². The Morgan fingerprint density at radius 1 is 1.37 bits per heavy atom. The average molecular weight is 437 g/mol. The maximum absolute atomic E-state index is 13.3. The molecule has 1 aromatic carbocycles. The third kappa shape index (κ3) is 6.79. The predicted octanol–water partition coefficient (Wildman–Crippen LogP) is 3.14. The Bertz CT molecular complexity index is 811. The number of hydrogen-bond donors (Lipinski definition) is 2. The average Bonchev–Trinajstić information content (AvgIpc) is 3.16. The Balaban J connectivity index is 1.61. The molecule has 2 aliphatic rings. The molecule has 1 aromatic rings. The van der Waals surface area contributed by atoms with E-state index < -0.39 is 32.0 Å². The number of hydrogen-bond acceptors (Lipinski definition) is 7. The van der Waals surface area contributed by atoms with Crippen molar-refractivity contribution in [1.29, 1.82) is 0 Å². The minimum atomic E-state index is -3.95. The fraction of sp³-hybridized carbons (Fsp3) is 0.476. The Morgan fingerprint density at radius 2 is 2.17 bits per heavy atom. The summed E-state index contributed by atoms with van der Waals surface area (Å²) in [6.45, 7) is 1.98. The Labute approximate surface area is 176 Å². The van der Waals surface area contributed by atoms with Crippen molar-refractivity contribution in [1.82, 2.24) is 5.09 Å². The lowest BCUT2D eigenvalue weighted by Gasteiger charge is -2.24. The second kappa shape index (κ2) is 10.9. The van der Waals surface area contributed by atoms with E-state index in [-0.39, 0.29) is 13.2 Å². The molecule has 9 heteroatoms. The van der Waals surface area contributed by atoms with Gasteiger partial charge in [-0.15, -0.1) is 0 Å². The van der Waals surface area contributed by atoms with Crippen LogP contribution < -0.4 is 9.61 Å². The number of ether oxygens (including phenoxy) is 2. The number of aliphatic hydroxyl groups is 1. The Hall–Kier alpha value is -1.96. The van der Waals surface area contributed by atoms with Gasteiger partial charge < -0.3 is 19.1 Å². The molecular weight excluding hydrogens is 409 g/mol. The lowest BCUT2D eigenvalue weighted by atomic mass is 10.1. The first-order valence-electron chi connectivity index (χ1n) is 10.0. The van der Waals surface area contributed by atoms with Gasteiger partial charge >= 0.3 is 13.7 Å². The van der Waals surface area contributed by atoms with Gasteiger partial charge in [0.1, 0.15) is 24.5 Å². The molecular formula is C21H28NO7P. The smallest absolute Gasteiger partial charge is 0.459 e. The van der Waals surface area contributed by atoms with Crippen molar-refractivity contribution in [3.8, 4) is 5.75 Å².